The van der Waals surface area contributed by atoms with Gasteiger partial charge in [0.05, 0.1) is 0 Å². The van der Waals surface area contributed by atoms with Crippen molar-refractivity contribution in [1.82, 2.24) is 10.6 Å². The summed E-state index contributed by atoms with van der Waals surface area (Å²) in [7, 11) is 0. The second kappa shape index (κ2) is 9.12. The van der Waals surface area contributed by atoms with E-state index < -0.39 is 11.6 Å². The topological polar surface area (TPSA) is 39.7 Å². The van der Waals surface area contributed by atoms with Crippen molar-refractivity contribution in [2.24, 2.45) is 4.99 Å². The first-order chi connectivity index (χ1) is 10.2. The number of benzene rings is 1. The van der Waals surface area contributed by atoms with Gasteiger partial charge in [0, 0.05) is 32.2 Å². The zero-order chi connectivity index (χ0) is 15.2. The summed E-state index contributed by atoms with van der Waals surface area (Å²) >= 11 is 0. The number of halogens is 3. The van der Waals surface area contributed by atoms with E-state index in [1.165, 1.54) is 18.2 Å². The quantitative estimate of drug-likeness (QED) is 0.444. The second-order valence-corrected chi connectivity index (χ2v) is 5.00. The third-order valence-corrected chi connectivity index (χ3v) is 3.44. The van der Waals surface area contributed by atoms with E-state index in [0.717, 1.165) is 18.9 Å². The van der Waals surface area contributed by atoms with Crippen molar-refractivity contribution >= 4 is 35.6 Å². The number of nitrogens with zero attached hydrogens (tertiary/aromatic N) is 2. The molecule has 2 N–H and O–H groups in total. The summed E-state index contributed by atoms with van der Waals surface area (Å²) in [5, 5.41) is 6.47. The number of hydrogen-bond acceptors (Lipinski definition) is 2. The number of hydrogen-bond donors (Lipinski definition) is 2. The van der Waals surface area contributed by atoms with Gasteiger partial charge in [0.15, 0.2) is 5.96 Å². The Morgan fingerprint density at radius 3 is 2.59 bits per heavy atom. The molecule has 22 heavy (non-hydrogen) atoms. The molecule has 1 aromatic rings. The molecule has 1 aliphatic rings. The van der Waals surface area contributed by atoms with Crippen LogP contribution in [0.4, 0.5) is 14.5 Å². The smallest absolute Gasteiger partial charge is 0.191 e. The molecule has 0 aromatic heterocycles. The third-order valence-electron chi connectivity index (χ3n) is 3.44. The molecule has 1 atom stereocenters. The van der Waals surface area contributed by atoms with Gasteiger partial charge in [0.2, 0.25) is 0 Å². The van der Waals surface area contributed by atoms with Crippen molar-refractivity contribution in [2.75, 3.05) is 31.1 Å². The van der Waals surface area contributed by atoms with Crippen molar-refractivity contribution in [3.05, 3.63) is 29.8 Å². The predicted octanol–water partition coefficient (Wildman–Crippen LogP) is 2.74. The highest BCUT2D eigenvalue weighted by molar-refractivity contribution is 14.0. The Morgan fingerprint density at radius 2 is 2.00 bits per heavy atom. The Kier molecular flexibility index (Phi) is 7.84. The fourth-order valence-electron chi connectivity index (χ4n) is 2.54. The van der Waals surface area contributed by atoms with E-state index in [0.29, 0.717) is 19.6 Å². The molecule has 0 bridgehead atoms. The molecule has 1 aromatic carbocycles. The molecule has 124 valence electrons. The Hall–Kier alpha value is -1.12. The fraction of sp³-hybridized carbons (Fsp3) is 0.533. The Morgan fingerprint density at radius 1 is 1.32 bits per heavy atom. The SMILES string of the molecule is CCN=C(NCC)NC1CCN(c2c(F)cccc2F)C1.I. The van der Waals surface area contributed by atoms with Gasteiger partial charge >= 0.3 is 0 Å². The monoisotopic (exact) mass is 424 g/mol. The van der Waals surface area contributed by atoms with Crippen LogP contribution in [-0.2, 0) is 0 Å². The van der Waals surface area contributed by atoms with Crippen LogP contribution < -0.4 is 15.5 Å². The number of para-hydroxylation sites is 1. The van der Waals surface area contributed by atoms with Crippen LogP contribution in [0.3, 0.4) is 0 Å². The molecule has 0 spiro atoms. The average molecular weight is 424 g/mol. The van der Waals surface area contributed by atoms with Crippen LogP contribution in [0.5, 0.6) is 0 Å². The van der Waals surface area contributed by atoms with Gasteiger partial charge in [-0.05, 0) is 32.4 Å². The van der Waals surface area contributed by atoms with Gasteiger partial charge in [-0.25, -0.2) is 8.78 Å². The molecule has 0 radical (unpaired) electrons. The van der Waals surface area contributed by atoms with Gasteiger partial charge < -0.3 is 15.5 Å². The molecule has 0 aliphatic carbocycles. The van der Waals surface area contributed by atoms with E-state index in [4.69, 9.17) is 0 Å². The van der Waals surface area contributed by atoms with Crippen LogP contribution in [0.25, 0.3) is 0 Å². The molecule has 1 fully saturated rings. The first kappa shape index (κ1) is 18.9. The van der Waals surface area contributed by atoms with Crippen molar-refractivity contribution < 1.29 is 8.78 Å². The van der Waals surface area contributed by atoms with Crippen molar-refractivity contribution in [3.8, 4) is 0 Å². The van der Waals surface area contributed by atoms with Crippen LogP contribution in [-0.4, -0.2) is 38.2 Å². The molecule has 1 unspecified atom stereocenters. The second-order valence-electron chi connectivity index (χ2n) is 5.00. The molecule has 4 nitrogen and oxygen atoms in total. The van der Waals surface area contributed by atoms with Crippen molar-refractivity contribution in [2.45, 2.75) is 26.3 Å². The van der Waals surface area contributed by atoms with Crippen molar-refractivity contribution in [1.29, 1.82) is 0 Å². The Bertz CT molecular complexity index is 490. The number of rotatable bonds is 4. The summed E-state index contributed by atoms with van der Waals surface area (Å²) in [6, 6.07) is 4.11. The lowest BCUT2D eigenvalue weighted by Crippen LogP contribution is -2.44. The molecule has 2 rings (SSSR count). The standard InChI is InChI=1S/C15H22F2N4.HI/c1-3-18-15(19-4-2)20-11-8-9-21(10-11)14-12(16)6-5-7-13(14)17;/h5-7,11H,3-4,8-10H2,1-2H3,(H2,18,19,20);1H. The van der Waals surface area contributed by atoms with E-state index in [2.05, 4.69) is 15.6 Å². The first-order valence-electron chi connectivity index (χ1n) is 7.39. The predicted molar refractivity (Wildman–Crippen MR) is 97.2 cm³/mol. The molecule has 0 saturated carbocycles. The van der Waals surface area contributed by atoms with E-state index in [-0.39, 0.29) is 35.7 Å². The first-order valence-corrected chi connectivity index (χ1v) is 7.39. The molecule has 1 aliphatic heterocycles. The number of guanidine groups is 1. The minimum Gasteiger partial charge on any atom is -0.365 e. The van der Waals surface area contributed by atoms with E-state index in [1.807, 2.05) is 13.8 Å². The van der Waals surface area contributed by atoms with Gasteiger partial charge in [-0.15, -0.1) is 24.0 Å². The van der Waals surface area contributed by atoms with Gasteiger partial charge in [-0.1, -0.05) is 6.07 Å². The number of anilines is 1. The zero-order valence-corrected chi connectivity index (χ0v) is 15.2. The van der Waals surface area contributed by atoms with Crippen LogP contribution in [0, 0.1) is 11.6 Å². The largest absolute Gasteiger partial charge is 0.365 e. The maximum atomic E-state index is 13.8. The molecule has 1 heterocycles. The maximum absolute atomic E-state index is 13.8. The molecular weight excluding hydrogens is 401 g/mol. The van der Waals surface area contributed by atoms with Gasteiger partial charge in [0.25, 0.3) is 0 Å². The van der Waals surface area contributed by atoms with E-state index in [9.17, 15) is 8.78 Å². The summed E-state index contributed by atoms with van der Waals surface area (Å²) in [6.45, 7) is 6.63. The minimum atomic E-state index is -0.509. The lowest BCUT2D eigenvalue weighted by Gasteiger charge is -2.21. The van der Waals surface area contributed by atoms with E-state index in [1.54, 1.807) is 4.90 Å². The molecular formula is C15H23F2IN4. The number of nitrogens with one attached hydrogen (secondary N) is 2. The Balaban J connectivity index is 0.00000242. The summed E-state index contributed by atoms with van der Waals surface area (Å²) in [5.74, 6) is -0.268. The summed E-state index contributed by atoms with van der Waals surface area (Å²) in [6.07, 6.45) is 0.821. The van der Waals surface area contributed by atoms with Crippen LogP contribution in [0.2, 0.25) is 0 Å². The van der Waals surface area contributed by atoms with Gasteiger partial charge in [-0.3, -0.25) is 4.99 Å². The average Bonchev–Trinajstić information content (AvgIpc) is 2.87. The fourth-order valence-corrected chi connectivity index (χ4v) is 2.54. The normalized spacial score (nSPS) is 18.1. The van der Waals surface area contributed by atoms with Gasteiger partial charge in [-0.2, -0.15) is 0 Å². The van der Waals surface area contributed by atoms with Crippen LogP contribution in [0.15, 0.2) is 23.2 Å². The maximum Gasteiger partial charge on any atom is 0.191 e. The lowest BCUT2D eigenvalue weighted by atomic mass is 10.2. The lowest BCUT2D eigenvalue weighted by molar-refractivity contribution is 0.576. The number of aliphatic imine (C=N–C) groups is 1. The highest BCUT2D eigenvalue weighted by Gasteiger charge is 2.27. The molecule has 0 amide bonds. The highest BCUT2D eigenvalue weighted by Crippen LogP contribution is 2.26. The highest BCUT2D eigenvalue weighted by atomic mass is 127. The summed E-state index contributed by atoms with van der Waals surface area (Å²) in [4.78, 5) is 6.09. The molecule has 7 heteroatoms. The molecule has 1 saturated heterocycles. The Labute approximate surface area is 147 Å². The summed E-state index contributed by atoms with van der Waals surface area (Å²) < 4.78 is 27.6. The van der Waals surface area contributed by atoms with Gasteiger partial charge in [0.1, 0.15) is 17.3 Å². The van der Waals surface area contributed by atoms with Crippen LogP contribution >= 0.6 is 24.0 Å². The van der Waals surface area contributed by atoms with Crippen molar-refractivity contribution in [3.63, 3.8) is 0 Å². The zero-order valence-electron chi connectivity index (χ0n) is 12.9. The van der Waals surface area contributed by atoms with Crippen LogP contribution in [0.1, 0.15) is 20.3 Å². The minimum absolute atomic E-state index is 0. The van der Waals surface area contributed by atoms with E-state index >= 15 is 0 Å². The summed E-state index contributed by atoms with van der Waals surface area (Å²) in [5.41, 5.74) is 0.0687. The third kappa shape index (κ3) is 4.69.